The van der Waals surface area contributed by atoms with Gasteiger partial charge in [0.05, 0.1) is 19.7 Å². The van der Waals surface area contributed by atoms with Crippen LogP contribution in [0, 0.1) is 5.82 Å². The van der Waals surface area contributed by atoms with E-state index < -0.39 is 17.2 Å². The Kier molecular flexibility index (Phi) is 5.64. The molecule has 1 aromatic heterocycles. The van der Waals surface area contributed by atoms with Crippen LogP contribution in [0.4, 0.5) is 10.1 Å². The number of pyridine rings is 1. The van der Waals surface area contributed by atoms with Gasteiger partial charge in [0.25, 0.3) is 5.91 Å². The van der Waals surface area contributed by atoms with Gasteiger partial charge in [-0.05, 0) is 54.6 Å². The van der Waals surface area contributed by atoms with E-state index in [1.54, 1.807) is 55.2 Å². The van der Waals surface area contributed by atoms with Gasteiger partial charge in [0.1, 0.15) is 22.9 Å². The lowest BCUT2D eigenvalue weighted by Gasteiger charge is -2.19. The summed E-state index contributed by atoms with van der Waals surface area (Å²) in [6.07, 6.45) is 1.50. The second-order valence-corrected chi connectivity index (χ2v) is 7.17. The van der Waals surface area contributed by atoms with Gasteiger partial charge in [-0.3, -0.25) is 9.59 Å². The lowest BCUT2D eigenvalue weighted by molar-refractivity contribution is 0.0991. The Labute approximate surface area is 184 Å². The summed E-state index contributed by atoms with van der Waals surface area (Å²) in [6.45, 7) is 0. The van der Waals surface area contributed by atoms with Crippen LogP contribution in [0.5, 0.6) is 11.5 Å². The monoisotopic (exact) mass is 432 g/mol. The zero-order valence-electron chi connectivity index (χ0n) is 17.8. The molecule has 0 unspecified atom stereocenters. The maximum Gasteiger partial charge on any atom is 0.263 e. The first-order chi connectivity index (χ1) is 15.4. The Morgan fingerprint density at radius 3 is 2.28 bits per heavy atom. The number of ether oxygens (including phenoxy) is 2. The standard InChI is InChI=1S/C25H21FN2O4/c1-27(18-6-4-5-16(26)13-18)25(30)22-15-28(17-7-9-19(31-2)10-8-17)23-14-20(32-3)11-12-21(23)24(22)29/h4-15H,1-3H3. The molecule has 0 spiro atoms. The zero-order chi connectivity index (χ0) is 22.8. The Balaban J connectivity index is 1.92. The molecule has 0 saturated heterocycles. The van der Waals surface area contributed by atoms with Gasteiger partial charge in [-0.15, -0.1) is 0 Å². The van der Waals surface area contributed by atoms with E-state index in [2.05, 4.69) is 0 Å². The summed E-state index contributed by atoms with van der Waals surface area (Å²) in [5.74, 6) is 0.248. The highest BCUT2D eigenvalue weighted by molar-refractivity contribution is 6.07. The fraction of sp³-hybridized carbons (Fsp3) is 0.120. The van der Waals surface area contributed by atoms with Crippen molar-refractivity contribution in [2.75, 3.05) is 26.2 Å². The molecule has 6 nitrogen and oxygen atoms in total. The van der Waals surface area contributed by atoms with Gasteiger partial charge in [0, 0.05) is 36.1 Å². The first-order valence-corrected chi connectivity index (χ1v) is 9.84. The second-order valence-electron chi connectivity index (χ2n) is 7.17. The first kappa shape index (κ1) is 21.1. The number of aromatic nitrogens is 1. The summed E-state index contributed by atoms with van der Waals surface area (Å²) in [5, 5.41) is 0.361. The summed E-state index contributed by atoms with van der Waals surface area (Å²) >= 11 is 0. The van der Waals surface area contributed by atoms with E-state index in [0.717, 1.165) is 5.69 Å². The van der Waals surface area contributed by atoms with E-state index in [9.17, 15) is 14.0 Å². The summed E-state index contributed by atoms with van der Waals surface area (Å²) in [6, 6.07) is 17.9. The van der Waals surface area contributed by atoms with E-state index >= 15 is 0 Å². The number of benzene rings is 3. The number of anilines is 1. The zero-order valence-corrected chi connectivity index (χ0v) is 17.8. The van der Waals surface area contributed by atoms with Crippen molar-refractivity contribution in [3.05, 3.63) is 94.5 Å². The molecule has 0 aliphatic rings. The van der Waals surface area contributed by atoms with Gasteiger partial charge in [-0.2, -0.15) is 0 Å². The summed E-state index contributed by atoms with van der Waals surface area (Å²) < 4.78 is 26.0. The van der Waals surface area contributed by atoms with Gasteiger partial charge < -0.3 is 18.9 Å². The van der Waals surface area contributed by atoms with Gasteiger partial charge in [-0.1, -0.05) is 6.07 Å². The lowest BCUT2D eigenvalue weighted by atomic mass is 10.1. The molecule has 32 heavy (non-hydrogen) atoms. The average molecular weight is 432 g/mol. The molecule has 3 aromatic carbocycles. The van der Waals surface area contributed by atoms with Crippen molar-refractivity contribution in [3.63, 3.8) is 0 Å². The summed E-state index contributed by atoms with van der Waals surface area (Å²) in [5.41, 5.74) is 1.21. The molecule has 0 aliphatic heterocycles. The third kappa shape index (κ3) is 3.80. The van der Waals surface area contributed by atoms with Crippen LogP contribution in [0.1, 0.15) is 10.4 Å². The second kappa shape index (κ2) is 8.55. The van der Waals surface area contributed by atoms with E-state index in [-0.39, 0.29) is 5.56 Å². The fourth-order valence-corrected chi connectivity index (χ4v) is 3.52. The van der Waals surface area contributed by atoms with Crippen LogP contribution in [0.2, 0.25) is 0 Å². The number of amides is 1. The molecule has 7 heteroatoms. The number of hydrogen-bond acceptors (Lipinski definition) is 4. The third-order valence-corrected chi connectivity index (χ3v) is 5.29. The Morgan fingerprint density at radius 2 is 1.62 bits per heavy atom. The minimum Gasteiger partial charge on any atom is -0.497 e. The summed E-state index contributed by atoms with van der Waals surface area (Å²) in [7, 11) is 4.63. The van der Waals surface area contributed by atoms with Crippen molar-refractivity contribution in [2.45, 2.75) is 0 Å². The highest BCUT2D eigenvalue weighted by atomic mass is 19.1. The van der Waals surface area contributed by atoms with Crippen LogP contribution in [0.3, 0.4) is 0 Å². The molecule has 0 N–H and O–H groups in total. The molecule has 1 heterocycles. The van der Waals surface area contributed by atoms with Gasteiger partial charge >= 0.3 is 0 Å². The quantitative estimate of drug-likeness (QED) is 0.468. The van der Waals surface area contributed by atoms with Crippen LogP contribution in [-0.2, 0) is 0 Å². The predicted molar refractivity (Wildman–Crippen MR) is 122 cm³/mol. The Morgan fingerprint density at radius 1 is 0.938 bits per heavy atom. The van der Waals surface area contributed by atoms with E-state index in [1.165, 1.54) is 36.3 Å². The third-order valence-electron chi connectivity index (χ3n) is 5.29. The molecule has 1 amide bonds. The number of halogens is 1. The molecule has 0 atom stereocenters. The van der Waals surface area contributed by atoms with E-state index in [1.807, 2.05) is 12.1 Å². The molecule has 0 saturated carbocycles. The topological polar surface area (TPSA) is 60.8 Å². The van der Waals surface area contributed by atoms with E-state index in [4.69, 9.17) is 9.47 Å². The smallest absolute Gasteiger partial charge is 0.263 e. The van der Waals surface area contributed by atoms with Gasteiger partial charge in [0.2, 0.25) is 5.43 Å². The maximum atomic E-state index is 13.7. The number of methoxy groups -OCH3 is 2. The molecular weight excluding hydrogens is 411 g/mol. The maximum absolute atomic E-state index is 13.7. The SMILES string of the molecule is COc1ccc(-n2cc(C(=O)N(C)c3cccc(F)c3)c(=O)c3ccc(OC)cc32)cc1. The van der Waals surface area contributed by atoms with Crippen molar-refractivity contribution in [3.8, 4) is 17.2 Å². The van der Waals surface area contributed by atoms with Gasteiger partial charge in [-0.25, -0.2) is 4.39 Å². The number of carbonyl (C=O) groups excluding carboxylic acids is 1. The molecule has 4 aromatic rings. The van der Waals surface area contributed by atoms with Crippen molar-refractivity contribution >= 4 is 22.5 Å². The molecular formula is C25H21FN2O4. The molecule has 0 fully saturated rings. The number of carbonyl (C=O) groups is 1. The minimum atomic E-state index is -0.541. The normalized spacial score (nSPS) is 10.8. The highest BCUT2D eigenvalue weighted by Crippen LogP contribution is 2.25. The van der Waals surface area contributed by atoms with Gasteiger partial charge in [0.15, 0.2) is 0 Å². The molecule has 0 aliphatic carbocycles. The lowest BCUT2D eigenvalue weighted by Crippen LogP contribution is -2.31. The molecule has 4 rings (SSSR count). The van der Waals surface area contributed by atoms with Crippen LogP contribution >= 0.6 is 0 Å². The van der Waals surface area contributed by atoms with Crippen LogP contribution in [0.15, 0.2) is 77.7 Å². The molecule has 0 bridgehead atoms. The van der Waals surface area contributed by atoms with Crippen molar-refractivity contribution in [1.82, 2.24) is 4.57 Å². The molecule has 0 radical (unpaired) electrons. The number of hydrogen-bond donors (Lipinski definition) is 0. The first-order valence-electron chi connectivity index (χ1n) is 9.84. The average Bonchev–Trinajstić information content (AvgIpc) is 2.83. The summed E-state index contributed by atoms with van der Waals surface area (Å²) in [4.78, 5) is 27.8. The van der Waals surface area contributed by atoms with Crippen molar-refractivity contribution < 1.29 is 18.7 Å². The van der Waals surface area contributed by atoms with Crippen LogP contribution in [-0.4, -0.2) is 31.7 Å². The highest BCUT2D eigenvalue weighted by Gasteiger charge is 2.21. The predicted octanol–water partition coefficient (Wildman–Crippen LogP) is 4.42. The Bertz CT molecular complexity index is 1360. The van der Waals surface area contributed by atoms with Crippen molar-refractivity contribution in [2.24, 2.45) is 0 Å². The number of fused-ring (bicyclic) bond motifs is 1. The van der Waals surface area contributed by atoms with Crippen LogP contribution < -0.4 is 19.8 Å². The van der Waals surface area contributed by atoms with E-state index in [0.29, 0.717) is 28.1 Å². The Hall–Kier alpha value is -4.13. The van der Waals surface area contributed by atoms with Crippen molar-refractivity contribution in [1.29, 1.82) is 0 Å². The largest absolute Gasteiger partial charge is 0.497 e. The number of nitrogens with zero attached hydrogens (tertiary/aromatic N) is 2. The fourth-order valence-electron chi connectivity index (χ4n) is 3.52. The van der Waals surface area contributed by atoms with Crippen LogP contribution in [0.25, 0.3) is 16.6 Å². The minimum absolute atomic E-state index is 0.0368. The number of rotatable bonds is 5. The molecule has 162 valence electrons.